The number of fused-ring (bicyclic) bond motifs is 8. The fraction of sp³-hybridized carbons (Fsp3) is 0.0500. The van der Waals surface area contributed by atoms with Crippen LogP contribution in [-0.4, -0.2) is 9.13 Å². The van der Waals surface area contributed by atoms with Crippen LogP contribution in [0.1, 0.15) is 0 Å². The number of hydrogen-bond donors (Lipinski definition) is 0. The summed E-state index contributed by atoms with van der Waals surface area (Å²) in [5.74, 6) is 5.99. The molecule has 0 unspecified atom stereocenters. The maximum Gasteiger partial charge on any atom is 0.0841 e. The average Bonchev–Trinajstić information content (AvgIpc) is 3.83. The third-order valence-electron chi connectivity index (χ3n) is 8.91. The number of nitrogens with zero attached hydrogens (tertiary/aromatic N) is 2. The van der Waals surface area contributed by atoms with Crippen LogP contribution >= 0.6 is 22.7 Å². The van der Waals surface area contributed by atoms with E-state index in [2.05, 4.69) is 129 Å². The summed E-state index contributed by atoms with van der Waals surface area (Å²) in [5.41, 5.74) is 9.52. The Morgan fingerprint density at radius 3 is 1.32 bits per heavy atom. The predicted octanol–water partition coefficient (Wildman–Crippen LogP) is 10.9. The molecule has 0 spiro atoms. The molecule has 9 aromatic rings. The molecule has 2 nitrogen and oxygen atoms in total. The van der Waals surface area contributed by atoms with Crippen LogP contribution in [0.2, 0.25) is 0 Å². The first kappa shape index (κ1) is 25.3. The number of aromatic nitrogens is 2. The zero-order valence-corrected chi connectivity index (χ0v) is 25.3. The summed E-state index contributed by atoms with van der Waals surface area (Å²) in [6.45, 7) is 0.939. The molecule has 4 heterocycles. The van der Waals surface area contributed by atoms with Crippen molar-refractivity contribution in [2.24, 2.45) is 0 Å². The average molecular weight is 597 g/mol. The number of rotatable bonds is 4. The summed E-state index contributed by atoms with van der Waals surface area (Å²) in [5, 5.41) is 12.0. The Morgan fingerprint density at radius 2 is 0.886 bits per heavy atom. The molecule has 0 aliphatic rings. The Morgan fingerprint density at radius 1 is 0.500 bits per heavy atom. The van der Waals surface area contributed by atoms with Crippen molar-refractivity contribution in [2.45, 2.75) is 13.1 Å². The number of hydrogen-bond acceptors (Lipinski definition) is 2. The van der Waals surface area contributed by atoms with Crippen LogP contribution in [0.15, 0.2) is 108 Å². The van der Waals surface area contributed by atoms with Gasteiger partial charge < -0.3 is 9.13 Å². The lowest BCUT2D eigenvalue weighted by Gasteiger charge is -2.16. The Balaban J connectivity index is 1.67. The Labute approximate surface area is 262 Å². The van der Waals surface area contributed by atoms with Crippen molar-refractivity contribution in [3.8, 4) is 46.9 Å². The van der Waals surface area contributed by atoms with E-state index in [1.54, 1.807) is 22.7 Å². The lowest BCUT2D eigenvalue weighted by atomic mass is 9.89. The standard InChI is InChI=1S/C40H24N2S2/c1-3-21-41-31-17-9-5-15-27(31)35-38(30-24-44-34-20-12-8-14-26(30)34)40-36(28-16-6-10-18-32(28)42(40)22-4-2)37(39(35)41)29-23-43-33-19-11-7-13-25(29)33/h1-2,5-20,23-24H,21-22H2. The fourth-order valence-electron chi connectivity index (χ4n) is 7.25. The lowest BCUT2D eigenvalue weighted by Crippen LogP contribution is -2.00. The van der Waals surface area contributed by atoms with Crippen molar-refractivity contribution in [3.05, 3.63) is 108 Å². The summed E-state index contributed by atoms with van der Waals surface area (Å²) >= 11 is 3.58. The van der Waals surface area contributed by atoms with E-state index in [0.717, 1.165) is 11.0 Å². The molecule has 206 valence electrons. The predicted molar refractivity (Wildman–Crippen MR) is 192 cm³/mol. The van der Waals surface area contributed by atoms with Gasteiger partial charge in [0.1, 0.15) is 0 Å². The fourth-order valence-corrected chi connectivity index (χ4v) is 9.15. The summed E-state index contributed by atoms with van der Waals surface area (Å²) in [6.07, 6.45) is 12.2. The third kappa shape index (κ3) is 3.33. The summed E-state index contributed by atoms with van der Waals surface area (Å²) in [4.78, 5) is 0. The minimum absolute atomic E-state index is 0.470. The molecule has 9 rings (SSSR count). The maximum atomic E-state index is 6.12. The highest BCUT2D eigenvalue weighted by Gasteiger charge is 2.29. The van der Waals surface area contributed by atoms with E-state index in [1.807, 2.05) is 0 Å². The summed E-state index contributed by atoms with van der Waals surface area (Å²) in [7, 11) is 0. The van der Waals surface area contributed by atoms with E-state index in [1.165, 1.54) is 75.0 Å². The second-order valence-corrected chi connectivity index (χ2v) is 12.9. The van der Waals surface area contributed by atoms with Gasteiger partial charge in [-0.15, -0.1) is 35.5 Å². The van der Waals surface area contributed by atoms with Crippen molar-refractivity contribution >= 4 is 86.5 Å². The quantitative estimate of drug-likeness (QED) is 0.179. The molecule has 0 aliphatic carbocycles. The van der Waals surface area contributed by atoms with E-state index >= 15 is 0 Å². The van der Waals surface area contributed by atoms with Crippen molar-refractivity contribution in [2.75, 3.05) is 0 Å². The second-order valence-electron chi connectivity index (χ2n) is 11.1. The first-order chi connectivity index (χ1) is 21.8. The maximum absolute atomic E-state index is 6.12. The molecule has 4 aromatic heterocycles. The number of para-hydroxylation sites is 2. The molecular weight excluding hydrogens is 573 g/mol. The molecule has 0 aliphatic heterocycles. The SMILES string of the molecule is C#CCn1c2ccccc2c2c(-c3csc4ccccc34)c3c(c(-c4csc5ccccc45)c21)c1ccccc1n3CC#C. The van der Waals surface area contributed by atoms with Crippen LogP contribution in [0.4, 0.5) is 0 Å². The van der Waals surface area contributed by atoms with Crippen LogP contribution in [0.5, 0.6) is 0 Å². The number of thiophene rings is 2. The minimum atomic E-state index is 0.470. The number of benzene rings is 5. The highest BCUT2D eigenvalue weighted by molar-refractivity contribution is 7.18. The zero-order chi connectivity index (χ0) is 29.4. The van der Waals surface area contributed by atoms with Gasteiger partial charge in [-0.25, -0.2) is 0 Å². The van der Waals surface area contributed by atoms with Crippen molar-refractivity contribution in [1.82, 2.24) is 9.13 Å². The van der Waals surface area contributed by atoms with Gasteiger partial charge in [-0.1, -0.05) is 84.6 Å². The van der Waals surface area contributed by atoms with Crippen molar-refractivity contribution < 1.29 is 0 Å². The van der Waals surface area contributed by atoms with E-state index in [0.29, 0.717) is 13.1 Å². The molecular formula is C40H24N2S2. The second kappa shape index (κ2) is 9.63. The molecule has 0 bridgehead atoms. The van der Waals surface area contributed by atoms with E-state index in [-0.39, 0.29) is 0 Å². The largest absolute Gasteiger partial charge is 0.328 e. The van der Waals surface area contributed by atoms with Crippen molar-refractivity contribution in [3.63, 3.8) is 0 Å². The van der Waals surface area contributed by atoms with Gasteiger partial charge in [0.2, 0.25) is 0 Å². The first-order valence-corrected chi connectivity index (χ1v) is 16.3. The molecule has 0 fully saturated rings. The van der Waals surface area contributed by atoms with E-state index in [9.17, 15) is 0 Å². The van der Waals surface area contributed by atoms with Gasteiger partial charge in [0.15, 0.2) is 0 Å². The molecule has 0 radical (unpaired) electrons. The van der Waals surface area contributed by atoms with Crippen LogP contribution in [0.25, 0.3) is 86.0 Å². The molecule has 0 saturated heterocycles. The Bertz CT molecular complexity index is 2510. The van der Waals surface area contributed by atoms with E-state index < -0.39 is 0 Å². The van der Waals surface area contributed by atoms with Crippen LogP contribution in [0.3, 0.4) is 0 Å². The van der Waals surface area contributed by atoms with Gasteiger partial charge >= 0.3 is 0 Å². The van der Waals surface area contributed by atoms with Crippen molar-refractivity contribution in [1.29, 1.82) is 0 Å². The van der Waals surface area contributed by atoms with Gasteiger partial charge in [-0.2, -0.15) is 0 Å². The van der Waals surface area contributed by atoms with Crippen LogP contribution < -0.4 is 0 Å². The highest BCUT2D eigenvalue weighted by Crippen LogP contribution is 2.53. The Kier molecular flexibility index (Phi) is 5.53. The number of terminal acetylenes is 2. The Hall–Kier alpha value is -5.26. The first-order valence-electron chi connectivity index (χ1n) is 14.6. The monoisotopic (exact) mass is 596 g/mol. The molecule has 5 aromatic carbocycles. The van der Waals surface area contributed by atoms with Crippen LogP contribution in [0, 0.1) is 24.7 Å². The molecule has 0 amide bonds. The van der Waals surface area contributed by atoms with E-state index in [4.69, 9.17) is 12.8 Å². The molecule has 0 saturated carbocycles. The summed E-state index contributed by atoms with van der Waals surface area (Å²) in [6, 6.07) is 34.8. The van der Waals surface area contributed by atoms with Gasteiger partial charge in [0.05, 0.1) is 35.2 Å². The zero-order valence-electron chi connectivity index (χ0n) is 23.7. The minimum Gasteiger partial charge on any atom is -0.328 e. The highest BCUT2D eigenvalue weighted by atomic mass is 32.1. The normalized spacial score (nSPS) is 11.8. The smallest absolute Gasteiger partial charge is 0.0841 e. The molecule has 0 atom stereocenters. The van der Waals surface area contributed by atoms with Gasteiger partial charge in [0.25, 0.3) is 0 Å². The van der Waals surface area contributed by atoms with Gasteiger partial charge in [-0.05, 0) is 35.0 Å². The van der Waals surface area contributed by atoms with Gasteiger partial charge in [-0.3, -0.25) is 0 Å². The third-order valence-corrected chi connectivity index (χ3v) is 10.8. The molecule has 44 heavy (non-hydrogen) atoms. The summed E-state index contributed by atoms with van der Waals surface area (Å²) < 4.78 is 7.25. The topological polar surface area (TPSA) is 9.86 Å². The lowest BCUT2D eigenvalue weighted by molar-refractivity contribution is 0.922. The molecule has 4 heteroatoms. The van der Waals surface area contributed by atoms with Crippen LogP contribution in [-0.2, 0) is 13.1 Å². The molecule has 0 N–H and O–H groups in total. The van der Waals surface area contributed by atoms with Gasteiger partial charge in [0, 0.05) is 64.0 Å².